The highest BCUT2D eigenvalue weighted by molar-refractivity contribution is 9.10. The lowest BCUT2D eigenvalue weighted by Gasteiger charge is -2.15. The first-order chi connectivity index (χ1) is 8.21. The number of aliphatic hydroxyl groups excluding tert-OH is 1. The summed E-state index contributed by atoms with van der Waals surface area (Å²) in [5.74, 6) is -0.775. The molecular formula is C10H10BrF3N2O2. The van der Waals surface area contributed by atoms with Crippen molar-refractivity contribution in [2.45, 2.75) is 12.3 Å². The lowest BCUT2D eigenvalue weighted by Crippen LogP contribution is -2.40. The van der Waals surface area contributed by atoms with Gasteiger partial charge in [0.1, 0.15) is 0 Å². The molecule has 0 fully saturated rings. The van der Waals surface area contributed by atoms with Crippen LogP contribution in [0.4, 0.5) is 18.9 Å². The summed E-state index contributed by atoms with van der Waals surface area (Å²) in [6.45, 7) is -0.919. The van der Waals surface area contributed by atoms with Crippen LogP contribution >= 0.6 is 15.9 Å². The van der Waals surface area contributed by atoms with E-state index in [1.807, 2.05) is 5.32 Å². The minimum atomic E-state index is -4.77. The average Bonchev–Trinajstić information content (AvgIpc) is 2.24. The molecule has 1 aromatic rings. The highest BCUT2D eigenvalue weighted by Crippen LogP contribution is 2.20. The molecule has 0 aliphatic rings. The number of hydrogen-bond acceptors (Lipinski definition) is 3. The van der Waals surface area contributed by atoms with Crippen LogP contribution in [0.3, 0.4) is 0 Å². The van der Waals surface area contributed by atoms with Crippen molar-refractivity contribution in [3.63, 3.8) is 0 Å². The Labute approximate surface area is 109 Å². The summed E-state index contributed by atoms with van der Waals surface area (Å²) in [6.07, 6.45) is -7.36. The third-order valence-electron chi connectivity index (χ3n) is 2.09. The molecule has 1 amide bonds. The topological polar surface area (TPSA) is 75.4 Å². The van der Waals surface area contributed by atoms with Gasteiger partial charge in [0.15, 0.2) is 6.10 Å². The van der Waals surface area contributed by atoms with Gasteiger partial charge >= 0.3 is 6.18 Å². The van der Waals surface area contributed by atoms with Crippen LogP contribution < -0.4 is 11.1 Å². The molecule has 4 nitrogen and oxygen atoms in total. The lowest BCUT2D eigenvalue weighted by atomic mass is 10.1. The number of benzene rings is 1. The van der Waals surface area contributed by atoms with E-state index < -0.39 is 24.7 Å². The lowest BCUT2D eigenvalue weighted by molar-refractivity contribution is -0.201. The van der Waals surface area contributed by atoms with E-state index in [-0.39, 0.29) is 11.3 Å². The molecule has 0 saturated heterocycles. The van der Waals surface area contributed by atoms with Crippen LogP contribution in [0.15, 0.2) is 22.7 Å². The van der Waals surface area contributed by atoms with Crippen molar-refractivity contribution in [1.29, 1.82) is 0 Å². The molecule has 0 aliphatic carbocycles. The van der Waals surface area contributed by atoms with E-state index in [0.717, 1.165) is 0 Å². The number of nitrogens with two attached hydrogens (primary N) is 1. The van der Waals surface area contributed by atoms with Gasteiger partial charge in [-0.2, -0.15) is 13.2 Å². The first-order valence-corrected chi connectivity index (χ1v) is 5.59. The Balaban J connectivity index is 2.66. The van der Waals surface area contributed by atoms with Gasteiger partial charge in [0.25, 0.3) is 5.91 Å². The van der Waals surface area contributed by atoms with Crippen LogP contribution in [0.1, 0.15) is 10.4 Å². The summed E-state index contributed by atoms with van der Waals surface area (Å²) >= 11 is 3.13. The smallest absolute Gasteiger partial charge is 0.398 e. The zero-order valence-electron chi connectivity index (χ0n) is 8.96. The molecule has 4 N–H and O–H groups in total. The van der Waals surface area contributed by atoms with Crippen molar-refractivity contribution in [2.75, 3.05) is 12.3 Å². The van der Waals surface area contributed by atoms with Gasteiger partial charge in [0, 0.05) is 10.2 Å². The van der Waals surface area contributed by atoms with Crippen molar-refractivity contribution in [1.82, 2.24) is 5.32 Å². The molecule has 0 heterocycles. The predicted octanol–water partition coefficient (Wildman–Crippen LogP) is 1.68. The normalized spacial score (nSPS) is 13.2. The molecule has 1 unspecified atom stereocenters. The summed E-state index contributed by atoms with van der Waals surface area (Å²) in [5.41, 5.74) is 5.72. The first-order valence-electron chi connectivity index (χ1n) is 4.80. The second-order valence-corrected chi connectivity index (χ2v) is 4.41. The van der Waals surface area contributed by atoms with Gasteiger partial charge in [-0.3, -0.25) is 4.79 Å². The number of amides is 1. The third kappa shape index (κ3) is 3.88. The summed E-state index contributed by atoms with van der Waals surface area (Å²) in [4.78, 5) is 11.5. The number of alkyl halides is 3. The minimum Gasteiger partial charge on any atom is -0.398 e. The number of rotatable bonds is 3. The standard InChI is InChI=1S/C10H10BrF3N2O2/c11-5-1-2-6(7(15)3-5)9(18)16-4-8(17)10(12,13)14/h1-3,8,17H,4,15H2,(H,16,18). The number of hydrogen-bond donors (Lipinski definition) is 3. The summed E-state index contributed by atoms with van der Waals surface area (Å²) < 4.78 is 36.7. The quantitative estimate of drug-likeness (QED) is 0.740. The molecule has 0 aliphatic heterocycles. The summed E-state index contributed by atoms with van der Waals surface area (Å²) in [6, 6.07) is 4.36. The molecule has 18 heavy (non-hydrogen) atoms. The fourth-order valence-electron chi connectivity index (χ4n) is 1.14. The fraction of sp³-hybridized carbons (Fsp3) is 0.300. The van der Waals surface area contributed by atoms with Gasteiger partial charge < -0.3 is 16.2 Å². The second kappa shape index (κ2) is 5.57. The number of halogens is 4. The monoisotopic (exact) mass is 326 g/mol. The zero-order chi connectivity index (χ0) is 13.9. The van der Waals surface area contributed by atoms with Crippen molar-refractivity contribution >= 4 is 27.5 Å². The van der Waals surface area contributed by atoms with E-state index in [9.17, 15) is 18.0 Å². The molecular weight excluding hydrogens is 317 g/mol. The van der Waals surface area contributed by atoms with Crippen molar-refractivity contribution in [2.24, 2.45) is 0 Å². The van der Waals surface area contributed by atoms with Crippen molar-refractivity contribution in [3.05, 3.63) is 28.2 Å². The molecule has 8 heteroatoms. The van der Waals surface area contributed by atoms with Gasteiger partial charge in [-0.05, 0) is 18.2 Å². The second-order valence-electron chi connectivity index (χ2n) is 3.50. The molecule has 0 bridgehead atoms. The van der Waals surface area contributed by atoms with E-state index in [4.69, 9.17) is 10.8 Å². The molecule has 1 rings (SSSR count). The molecule has 0 saturated carbocycles. The van der Waals surface area contributed by atoms with E-state index in [1.54, 1.807) is 0 Å². The van der Waals surface area contributed by atoms with Gasteiger partial charge in [0.05, 0.1) is 12.1 Å². The van der Waals surface area contributed by atoms with Crippen LogP contribution in [0.2, 0.25) is 0 Å². The highest BCUT2D eigenvalue weighted by Gasteiger charge is 2.38. The van der Waals surface area contributed by atoms with Crippen LogP contribution in [0.5, 0.6) is 0 Å². The minimum absolute atomic E-state index is 0.0487. The van der Waals surface area contributed by atoms with E-state index in [0.29, 0.717) is 4.47 Å². The largest absolute Gasteiger partial charge is 0.416 e. The maximum absolute atomic E-state index is 12.0. The van der Waals surface area contributed by atoms with Crippen LogP contribution in [0, 0.1) is 0 Å². The Hall–Kier alpha value is -1.28. The van der Waals surface area contributed by atoms with E-state index in [2.05, 4.69) is 15.9 Å². The van der Waals surface area contributed by atoms with E-state index in [1.165, 1.54) is 18.2 Å². The van der Waals surface area contributed by atoms with Crippen molar-refractivity contribution in [3.8, 4) is 0 Å². The number of anilines is 1. The van der Waals surface area contributed by atoms with Gasteiger partial charge in [-0.15, -0.1) is 0 Å². The highest BCUT2D eigenvalue weighted by atomic mass is 79.9. The number of carbonyl (C=O) groups excluding carboxylic acids is 1. The number of aliphatic hydroxyl groups is 1. The Kier molecular flexibility index (Phi) is 4.58. The van der Waals surface area contributed by atoms with Crippen LogP contribution in [-0.4, -0.2) is 29.8 Å². The molecule has 0 radical (unpaired) electrons. The van der Waals surface area contributed by atoms with Gasteiger partial charge in [0.2, 0.25) is 0 Å². The third-order valence-corrected chi connectivity index (χ3v) is 2.59. The number of carbonyl (C=O) groups is 1. The van der Waals surface area contributed by atoms with Gasteiger partial charge in [-0.1, -0.05) is 15.9 Å². The Bertz CT molecular complexity index is 451. The Morgan fingerprint density at radius 1 is 1.50 bits per heavy atom. The summed E-state index contributed by atoms with van der Waals surface area (Å²) in [7, 11) is 0. The first kappa shape index (κ1) is 14.8. The number of nitrogens with one attached hydrogen (secondary N) is 1. The Morgan fingerprint density at radius 3 is 2.61 bits per heavy atom. The molecule has 1 atom stereocenters. The van der Waals surface area contributed by atoms with Crippen LogP contribution in [0.25, 0.3) is 0 Å². The van der Waals surface area contributed by atoms with Gasteiger partial charge in [-0.25, -0.2) is 0 Å². The summed E-state index contributed by atoms with van der Waals surface area (Å²) in [5, 5.41) is 10.7. The zero-order valence-corrected chi connectivity index (χ0v) is 10.5. The van der Waals surface area contributed by atoms with Crippen LogP contribution in [-0.2, 0) is 0 Å². The van der Waals surface area contributed by atoms with E-state index >= 15 is 0 Å². The van der Waals surface area contributed by atoms with Crippen molar-refractivity contribution < 1.29 is 23.1 Å². The molecule has 0 aromatic heterocycles. The molecule has 1 aromatic carbocycles. The maximum atomic E-state index is 12.0. The fourth-order valence-corrected chi connectivity index (χ4v) is 1.52. The average molecular weight is 327 g/mol. The maximum Gasteiger partial charge on any atom is 0.416 e. The number of nitrogen functional groups attached to an aromatic ring is 1. The predicted molar refractivity (Wildman–Crippen MR) is 62.9 cm³/mol. The SMILES string of the molecule is Nc1cc(Br)ccc1C(=O)NCC(O)C(F)(F)F. The molecule has 0 spiro atoms. The molecule has 100 valence electrons. The Morgan fingerprint density at radius 2 is 2.11 bits per heavy atom.